The minimum Gasteiger partial charge on any atom is -0.481 e. The molecule has 0 heterocycles. The molecule has 1 aromatic rings. The van der Waals surface area contributed by atoms with E-state index in [9.17, 15) is 9.59 Å². The third-order valence-corrected chi connectivity index (χ3v) is 3.44. The first-order valence-electron chi connectivity index (χ1n) is 6.40. The third kappa shape index (κ3) is 3.71. The van der Waals surface area contributed by atoms with E-state index >= 15 is 0 Å². The molecule has 1 aromatic carbocycles. The van der Waals surface area contributed by atoms with Gasteiger partial charge in [-0.1, -0.05) is 24.6 Å². The maximum absolute atomic E-state index is 11.6. The summed E-state index contributed by atoms with van der Waals surface area (Å²) in [6.45, 7) is 0.350. The van der Waals surface area contributed by atoms with E-state index in [-0.39, 0.29) is 11.8 Å². The first kappa shape index (κ1) is 13.4. The number of hydrogen-bond acceptors (Lipinski definition) is 3. The Kier molecular flexibility index (Phi) is 4.39. The van der Waals surface area contributed by atoms with Crippen molar-refractivity contribution in [3.05, 3.63) is 30.3 Å². The maximum atomic E-state index is 11.6. The van der Waals surface area contributed by atoms with Gasteiger partial charge in [0.05, 0.1) is 5.92 Å². The van der Waals surface area contributed by atoms with Crippen LogP contribution in [0, 0.1) is 11.8 Å². The van der Waals surface area contributed by atoms with Gasteiger partial charge in [0.15, 0.2) is 0 Å². The molecule has 2 rings (SSSR count). The molecule has 1 amide bonds. The van der Waals surface area contributed by atoms with E-state index in [0.717, 1.165) is 12.8 Å². The summed E-state index contributed by atoms with van der Waals surface area (Å²) in [4.78, 5) is 22.6. The number of hydrogen-bond donors (Lipinski definition) is 2. The van der Waals surface area contributed by atoms with Crippen LogP contribution in [0.5, 0.6) is 5.75 Å². The molecule has 2 atom stereocenters. The number of para-hydroxylation sites is 1. The van der Waals surface area contributed by atoms with Crippen LogP contribution >= 0.6 is 0 Å². The molecule has 0 saturated heterocycles. The van der Waals surface area contributed by atoms with Gasteiger partial charge < -0.3 is 15.2 Å². The van der Waals surface area contributed by atoms with Crippen LogP contribution in [0.1, 0.15) is 19.3 Å². The fraction of sp³-hybridized carbons (Fsp3) is 0.429. The van der Waals surface area contributed by atoms with Gasteiger partial charge in [0.1, 0.15) is 5.75 Å². The van der Waals surface area contributed by atoms with Crippen LogP contribution in [0.15, 0.2) is 30.3 Å². The van der Waals surface area contributed by atoms with Gasteiger partial charge in [-0.2, -0.15) is 0 Å². The Bertz CT molecular complexity index is 446. The van der Waals surface area contributed by atoms with E-state index in [1.165, 1.54) is 0 Å². The van der Waals surface area contributed by atoms with Crippen LogP contribution < -0.4 is 10.1 Å². The van der Waals surface area contributed by atoms with Gasteiger partial charge >= 0.3 is 12.1 Å². The number of amides is 1. The molecule has 5 heteroatoms. The second kappa shape index (κ2) is 6.22. The Hall–Kier alpha value is -2.04. The molecule has 2 N–H and O–H groups in total. The largest absolute Gasteiger partial charge is 0.481 e. The third-order valence-electron chi connectivity index (χ3n) is 3.44. The van der Waals surface area contributed by atoms with Gasteiger partial charge in [-0.25, -0.2) is 4.79 Å². The van der Waals surface area contributed by atoms with Gasteiger partial charge in [-0.15, -0.1) is 0 Å². The highest BCUT2D eigenvalue weighted by Crippen LogP contribution is 2.31. The van der Waals surface area contributed by atoms with E-state index in [4.69, 9.17) is 9.84 Å². The molecule has 0 bridgehead atoms. The smallest absolute Gasteiger partial charge is 0.412 e. The van der Waals surface area contributed by atoms with Crippen molar-refractivity contribution in [2.24, 2.45) is 11.8 Å². The predicted molar refractivity (Wildman–Crippen MR) is 68.9 cm³/mol. The predicted octanol–water partition coefficient (Wildman–Crippen LogP) is 2.28. The highest BCUT2D eigenvalue weighted by Gasteiger charge is 2.32. The van der Waals surface area contributed by atoms with Crippen LogP contribution in [-0.4, -0.2) is 23.7 Å². The molecule has 2 unspecified atom stereocenters. The number of carboxylic acids is 1. The van der Waals surface area contributed by atoms with Crippen molar-refractivity contribution >= 4 is 12.1 Å². The number of ether oxygens (including phenoxy) is 1. The number of carbonyl (C=O) groups is 2. The zero-order chi connectivity index (χ0) is 13.7. The number of nitrogens with one attached hydrogen (secondary N) is 1. The molecule has 0 spiro atoms. The average molecular weight is 263 g/mol. The van der Waals surface area contributed by atoms with Crippen LogP contribution in [0.4, 0.5) is 4.79 Å². The first-order valence-corrected chi connectivity index (χ1v) is 6.40. The quantitative estimate of drug-likeness (QED) is 0.873. The monoisotopic (exact) mass is 263 g/mol. The fourth-order valence-corrected chi connectivity index (χ4v) is 2.45. The number of carbonyl (C=O) groups excluding carboxylic acids is 1. The van der Waals surface area contributed by atoms with Gasteiger partial charge in [0.2, 0.25) is 0 Å². The van der Waals surface area contributed by atoms with Crippen LogP contribution in [0.25, 0.3) is 0 Å². The van der Waals surface area contributed by atoms with Crippen molar-refractivity contribution < 1.29 is 19.4 Å². The number of benzene rings is 1. The van der Waals surface area contributed by atoms with Crippen LogP contribution in [0.3, 0.4) is 0 Å². The highest BCUT2D eigenvalue weighted by molar-refractivity contribution is 5.72. The van der Waals surface area contributed by atoms with E-state index in [2.05, 4.69) is 5.32 Å². The van der Waals surface area contributed by atoms with Crippen molar-refractivity contribution in [2.75, 3.05) is 6.54 Å². The summed E-state index contributed by atoms with van der Waals surface area (Å²) in [6.07, 6.45) is 1.89. The highest BCUT2D eigenvalue weighted by atomic mass is 16.6. The maximum Gasteiger partial charge on any atom is 0.412 e. The normalized spacial score (nSPS) is 21.9. The summed E-state index contributed by atoms with van der Waals surface area (Å²) in [7, 11) is 0. The van der Waals surface area contributed by atoms with Crippen LogP contribution in [-0.2, 0) is 4.79 Å². The zero-order valence-electron chi connectivity index (χ0n) is 10.5. The molecule has 1 saturated carbocycles. The molecular formula is C14H17NO4. The van der Waals surface area contributed by atoms with Crippen LogP contribution in [0.2, 0.25) is 0 Å². The van der Waals surface area contributed by atoms with Crippen molar-refractivity contribution in [1.82, 2.24) is 5.32 Å². The second-order valence-corrected chi connectivity index (χ2v) is 4.72. The van der Waals surface area contributed by atoms with Crippen molar-refractivity contribution in [1.29, 1.82) is 0 Å². The summed E-state index contributed by atoms with van der Waals surface area (Å²) >= 11 is 0. The van der Waals surface area contributed by atoms with Gasteiger partial charge in [-0.05, 0) is 30.9 Å². The van der Waals surface area contributed by atoms with E-state index < -0.39 is 12.1 Å². The lowest BCUT2D eigenvalue weighted by molar-refractivity contribution is -0.142. The SMILES string of the molecule is O=C(NCC1CCCC1C(=O)O)Oc1ccccc1. The van der Waals surface area contributed by atoms with Crippen molar-refractivity contribution in [3.8, 4) is 5.75 Å². The Balaban J connectivity index is 1.79. The lowest BCUT2D eigenvalue weighted by Gasteiger charge is -2.16. The van der Waals surface area contributed by atoms with Crippen molar-refractivity contribution in [3.63, 3.8) is 0 Å². The van der Waals surface area contributed by atoms with Crippen molar-refractivity contribution in [2.45, 2.75) is 19.3 Å². The van der Waals surface area contributed by atoms with Gasteiger partial charge in [0.25, 0.3) is 0 Å². The Morgan fingerprint density at radius 1 is 1.26 bits per heavy atom. The first-order chi connectivity index (χ1) is 9.16. The molecule has 1 aliphatic rings. The minimum atomic E-state index is -0.777. The molecule has 5 nitrogen and oxygen atoms in total. The Morgan fingerprint density at radius 2 is 2.00 bits per heavy atom. The van der Waals surface area contributed by atoms with Gasteiger partial charge in [-0.3, -0.25) is 4.79 Å². The molecule has 1 aliphatic carbocycles. The number of rotatable bonds is 4. The van der Waals surface area contributed by atoms with E-state index in [0.29, 0.717) is 18.7 Å². The lowest BCUT2D eigenvalue weighted by atomic mass is 9.96. The van der Waals surface area contributed by atoms with Gasteiger partial charge in [0, 0.05) is 6.54 Å². The average Bonchev–Trinajstić information content (AvgIpc) is 2.86. The second-order valence-electron chi connectivity index (χ2n) is 4.72. The molecule has 1 fully saturated rings. The number of aliphatic carboxylic acids is 1. The molecule has 0 radical (unpaired) electrons. The number of carboxylic acid groups (broad SMARTS) is 1. The molecular weight excluding hydrogens is 246 g/mol. The molecule has 102 valence electrons. The summed E-state index contributed by atoms with van der Waals surface area (Å²) < 4.78 is 5.07. The fourth-order valence-electron chi connectivity index (χ4n) is 2.45. The Labute approximate surface area is 111 Å². The van der Waals surface area contributed by atoms with E-state index in [1.807, 2.05) is 6.07 Å². The zero-order valence-corrected chi connectivity index (χ0v) is 10.5. The molecule has 0 aliphatic heterocycles. The summed E-state index contributed by atoms with van der Waals surface area (Å²) in [5.41, 5.74) is 0. The minimum absolute atomic E-state index is 0.000762. The summed E-state index contributed by atoms with van der Waals surface area (Å²) in [6, 6.07) is 8.77. The topological polar surface area (TPSA) is 75.6 Å². The Morgan fingerprint density at radius 3 is 2.68 bits per heavy atom. The lowest BCUT2D eigenvalue weighted by Crippen LogP contribution is -2.34. The standard InChI is InChI=1S/C14H17NO4/c16-13(17)12-8-4-5-10(12)9-15-14(18)19-11-6-2-1-3-7-11/h1-3,6-7,10,12H,4-5,8-9H2,(H,15,18)(H,16,17). The molecule has 0 aromatic heterocycles. The van der Waals surface area contributed by atoms with E-state index in [1.54, 1.807) is 24.3 Å². The molecule has 19 heavy (non-hydrogen) atoms. The summed E-state index contributed by atoms with van der Waals surface area (Å²) in [5.74, 6) is -0.653. The summed E-state index contributed by atoms with van der Waals surface area (Å²) in [5, 5.41) is 11.7.